The molecule has 1 saturated heterocycles. The van der Waals surface area contributed by atoms with E-state index in [0.717, 1.165) is 5.75 Å². The van der Waals surface area contributed by atoms with Gasteiger partial charge in [-0.1, -0.05) is 0 Å². The molecule has 0 amide bonds. The van der Waals surface area contributed by atoms with Crippen molar-refractivity contribution < 1.29 is 5.11 Å². The van der Waals surface area contributed by atoms with E-state index >= 15 is 0 Å². The SMILES string of the molecule is CC1SCC(O)S1. The summed E-state index contributed by atoms with van der Waals surface area (Å²) >= 11 is 3.46. The van der Waals surface area contributed by atoms with Gasteiger partial charge in [-0.2, -0.15) is 0 Å². The largest absolute Gasteiger partial charge is 0.382 e. The molecule has 0 aromatic carbocycles. The van der Waals surface area contributed by atoms with Crippen LogP contribution in [-0.2, 0) is 0 Å². The smallest absolute Gasteiger partial charge is 0.109 e. The van der Waals surface area contributed by atoms with Crippen LogP contribution in [0.5, 0.6) is 0 Å². The molecule has 2 unspecified atom stereocenters. The van der Waals surface area contributed by atoms with Crippen LogP contribution in [0.4, 0.5) is 0 Å². The summed E-state index contributed by atoms with van der Waals surface area (Å²) in [5.41, 5.74) is -0.0972. The predicted molar refractivity (Wildman–Crippen MR) is 35.5 cm³/mol. The van der Waals surface area contributed by atoms with Crippen LogP contribution in [0.15, 0.2) is 0 Å². The molecule has 0 aromatic heterocycles. The molecule has 1 aliphatic heterocycles. The van der Waals surface area contributed by atoms with Crippen molar-refractivity contribution in [3.8, 4) is 0 Å². The lowest BCUT2D eigenvalue weighted by molar-refractivity contribution is 0.290. The predicted octanol–water partition coefficient (Wildman–Crippen LogP) is 1.13. The second-order valence-electron chi connectivity index (χ2n) is 1.49. The number of rotatable bonds is 0. The van der Waals surface area contributed by atoms with Crippen molar-refractivity contribution in [2.75, 3.05) is 5.75 Å². The zero-order chi connectivity index (χ0) is 5.28. The molecule has 7 heavy (non-hydrogen) atoms. The fourth-order valence-electron chi connectivity index (χ4n) is 0.518. The Morgan fingerprint density at radius 3 is 2.57 bits per heavy atom. The van der Waals surface area contributed by atoms with Gasteiger partial charge in [-0.15, -0.1) is 23.5 Å². The van der Waals surface area contributed by atoms with Crippen LogP contribution in [0.3, 0.4) is 0 Å². The molecule has 1 fully saturated rings. The number of hydrogen-bond donors (Lipinski definition) is 1. The Bertz CT molecular complexity index is 58.7. The average Bonchev–Trinajstić information content (AvgIpc) is 1.87. The first-order valence-electron chi connectivity index (χ1n) is 2.24. The summed E-state index contributed by atoms with van der Waals surface area (Å²) in [6, 6.07) is 0. The molecule has 0 aliphatic carbocycles. The van der Waals surface area contributed by atoms with Crippen LogP contribution in [0, 0.1) is 0 Å². The van der Waals surface area contributed by atoms with Gasteiger partial charge in [0, 0.05) is 5.75 Å². The highest BCUT2D eigenvalue weighted by Gasteiger charge is 2.18. The molecular weight excluding hydrogens is 128 g/mol. The molecule has 1 rings (SSSR count). The van der Waals surface area contributed by atoms with Crippen LogP contribution in [-0.4, -0.2) is 20.9 Å². The molecule has 42 valence electrons. The standard InChI is InChI=1S/C4H8OS2/c1-3-6-2-4(5)7-3/h3-5H,2H2,1H3. The van der Waals surface area contributed by atoms with Gasteiger partial charge in [-0.25, -0.2) is 0 Å². The fourth-order valence-corrected chi connectivity index (χ4v) is 2.88. The molecule has 0 spiro atoms. The lowest BCUT2D eigenvalue weighted by atomic mass is 10.9. The van der Waals surface area contributed by atoms with Crippen molar-refractivity contribution in [2.24, 2.45) is 0 Å². The van der Waals surface area contributed by atoms with E-state index in [1.54, 1.807) is 11.8 Å². The van der Waals surface area contributed by atoms with Crippen LogP contribution in [0.2, 0.25) is 0 Å². The third kappa shape index (κ3) is 1.55. The van der Waals surface area contributed by atoms with E-state index in [1.165, 1.54) is 0 Å². The van der Waals surface area contributed by atoms with Crippen molar-refractivity contribution >= 4 is 23.5 Å². The lowest BCUT2D eigenvalue weighted by Gasteiger charge is -1.94. The summed E-state index contributed by atoms with van der Waals surface area (Å²) in [4.78, 5) is 0. The number of thioether (sulfide) groups is 2. The molecule has 0 saturated carbocycles. The Kier molecular flexibility index (Phi) is 1.89. The summed E-state index contributed by atoms with van der Waals surface area (Å²) in [5, 5.41) is 8.84. The zero-order valence-corrected chi connectivity index (χ0v) is 5.76. The highest BCUT2D eigenvalue weighted by atomic mass is 32.2. The molecule has 0 aromatic rings. The molecule has 2 atom stereocenters. The van der Waals surface area contributed by atoms with Gasteiger partial charge in [-0.3, -0.25) is 0 Å². The molecule has 1 nitrogen and oxygen atoms in total. The van der Waals surface area contributed by atoms with Gasteiger partial charge in [0.1, 0.15) is 5.44 Å². The zero-order valence-electron chi connectivity index (χ0n) is 4.13. The fraction of sp³-hybridized carbons (Fsp3) is 1.00. The van der Waals surface area contributed by atoms with Crippen molar-refractivity contribution in [3.05, 3.63) is 0 Å². The van der Waals surface area contributed by atoms with E-state index in [9.17, 15) is 0 Å². The lowest BCUT2D eigenvalue weighted by Crippen LogP contribution is -1.95. The molecule has 1 heterocycles. The molecule has 3 heteroatoms. The first kappa shape index (κ1) is 5.79. The monoisotopic (exact) mass is 136 g/mol. The van der Waals surface area contributed by atoms with Crippen LogP contribution in [0.25, 0.3) is 0 Å². The summed E-state index contributed by atoms with van der Waals surface area (Å²) in [5.74, 6) is 0.909. The van der Waals surface area contributed by atoms with Gasteiger partial charge < -0.3 is 5.11 Å². The minimum atomic E-state index is -0.0972. The first-order chi connectivity index (χ1) is 3.29. The topological polar surface area (TPSA) is 20.2 Å². The second-order valence-corrected chi connectivity index (χ2v) is 4.69. The Morgan fingerprint density at radius 2 is 2.43 bits per heavy atom. The van der Waals surface area contributed by atoms with Crippen molar-refractivity contribution in [3.63, 3.8) is 0 Å². The Balaban J connectivity index is 2.26. The summed E-state index contributed by atoms with van der Waals surface area (Å²) in [6.07, 6.45) is 0. The maximum Gasteiger partial charge on any atom is 0.109 e. The summed E-state index contributed by atoms with van der Waals surface area (Å²) < 4.78 is 0.606. The first-order valence-corrected chi connectivity index (χ1v) is 4.23. The van der Waals surface area contributed by atoms with Crippen molar-refractivity contribution in [1.29, 1.82) is 0 Å². The van der Waals surface area contributed by atoms with Gasteiger partial charge >= 0.3 is 0 Å². The van der Waals surface area contributed by atoms with Crippen LogP contribution in [0.1, 0.15) is 6.92 Å². The number of aliphatic hydroxyl groups excluding tert-OH is 1. The van der Waals surface area contributed by atoms with Gasteiger partial charge in [0.2, 0.25) is 0 Å². The Morgan fingerprint density at radius 1 is 1.71 bits per heavy atom. The Hall–Kier alpha value is 0.660. The maximum atomic E-state index is 8.84. The molecular formula is C4H8OS2. The molecule has 0 radical (unpaired) electrons. The van der Waals surface area contributed by atoms with E-state index in [4.69, 9.17) is 5.11 Å². The second kappa shape index (κ2) is 2.29. The summed E-state index contributed by atoms with van der Waals surface area (Å²) in [7, 11) is 0. The van der Waals surface area contributed by atoms with Crippen LogP contribution >= 0.6 is 23.5 Å². The van der Waals surface area contributed by atoms with Gasteiger partial charge in [0.25, 0.3) is 0 Å². The number of aliphatic hydroxyl groups is 1. The van der Waals surface area contributed by atoms with Gasteiger partial charge in [-0.05, 0) is 6.92 Å². The molecule has 0 bridgehead atoms. The highest BCUT2D eigenvalue weighted by molar-refractivity contribution is 8.20. The normalized spacial score (nSPS) is 42.0. The highest BCUT2D eigenvalue weighted by Crippen LogP contribution is 2.35. The van der Waals surface area contributed by atoms with Crippen LogP contribution < -0.4 is 0 Å². The number of hydrogen-bond acceptors (Lipinski definition) is 3. The van der Waals surface area contributed by atoms with E-state index in [2.05, 4.69) is 6.92 Å². The van der Waals surface area contributed by atoms with Crippen molar-refractivity contribution in [1.82, 2.24) is 0 Å². The minimum absolute atomic E-state index is 0.0972. The Labute approximate surface area is 51.9 Å². The van der Waals surface area contributed by atoms with Crippen molar-refractivity contribution in [2.45, 2.75) is 16.9 Å². The van der Waals surface area contributed by atoms with E-state index in [0.29, 0.717) is 4.58 Å². The third-order valence-electron chi connectivity index (χ3n) is 0.822. The van der Waals surface area contributed by atoms with E-state index in [-0.39, 0.29) is 5.44 Å². The average molecular weight is 136 g/mol. The van der Waals surface area contributed by atoms with Gasteiger partial charge in [0.05, 0.1) is 4.58 Å². The third-order valence-corrected chi connectivity index (χ3v) is 3.62. The van der Waals surface area contributed by atoms with E-state index in [1.807, 2.05) is 11.8 Å². The maximum absolute atomic E-state index is 8.84. The summed E-state index contributed by atoms with van der Waals surface area (Å²) in [6.45, 7) is 2.12. The minimum Gasteiger partial charge on any atom is -0.382 e. The van der Waals surface area contributed by atoms with E-state index < -0.39 is 0 Å². The molecule has 1 N–H and O–H groups in total. The molecule has 1 aliphatic rings. The quantitative estimate of drug-likeness (QED) is 0.539. The van der Waals surface area contributed by atoms with Gasteiger partial charge in [0.15, 0.2) is 0 Å².